The predicted octanol–water partition coefficient (Wildman–Crippen LogP) is 2.50. The zero-order valence-corrected chi connectivity index (χ0v) is 10.3. The number of rotatable bonds is 3. The van der Waals surface area contributed by atoms with Crippen LogP contribution < -0.4 is 0 Å². The zero-order chi connectivity index (χ0) is 10.7. The highest BCUT2D eigenvalue weighted by Gasteiger charge is 2.10. The van der Waals surface area contributed by atoms with E-state index in [1.54, 1.807) is 17.5 Å². The van der Waals surface area contributed by atoms with Crippen LogP contribution in [0.5, 0.6) is 0 Å². The van der Waals surface area contributed by atoms with E-state index >= 15 is 0 Å². The van der Waals surface area contributed by atoms with E-state index in [9.17, 15) is 0 Å². The van der Waals surface area contributed by atoms with Crippen molar-refractivity contribution in [2.24, 2.45) is 0 Å². The standard InChI is InChI=1S/C10H9BrN2OS/c11-9-8(4-6-14)15-10(13-9)7-3-1-2-5-12-7/h1-3,5,14H,4,6H2. The highest BCUT2D eigenvalue weighted by molar-refractivity contribution is 9.10. The summed E-state index contributed by atoms with van der Waals surface area (Å²) in [5.74, 6) is 0. The average molecular weight is 285 g/mol. The second kappa shape index (κ2) is 4.83. The van der Waals surface area contributed by atoms with Crippen molar-refractivity contribution in [2.45, 2.75) is 6.42 Å². The number of aromatic nitrogens is 2. The van der Waals surface area contributed by atoms with Gasteiger partial charge >= 0.3 is 0 Å². The Morgan fingerprint density at radius 2 is 2.27 bits per heavy atom. The van der Waals surface area contributed by atoms with Crippen molar-refractivity contribution in [3.05, 3.63) is 33.9 Å². The maximum atomic E-state index is 8.87. The van der Waals surface area contributed by atoms with Crippen LogP contribution in [0, 0.1) is 0 Å². The lowest BCUT2D eigenvalue weighted by Crippen LogP contribution is -1.86. The first-order valence-corrected chi connectivity index (χ1v) is 6.09. The van der Waals surface area contributed by atoms with Crippen molar-refractivity contribution in [2.75, 3.05) is 6.61 Å². The monoisotopic (exact) mass is 284 g/mol. The Kier molecular flexibility index (Phi) is 3.45. The smallest absolute Gasteiger partial charge is 0.143 e. The van der Waals surface area contributed by atoms with Gasteiger partial charge in [0.1, 0.15) is 9.61 Å². The Bertz CT molecular complexity index is 444. The van der Waals surface area contributed by atoms with Crippen LogP contribution >= 0.6 is 27.3 Å². The molecule has 0 amide bonds. The molecule has 0 aliphatic heterocycles. The number of aliphatic hydroxyl groups excluding tert-OH is 1. The third-order valence-corrected chi connectivity index (χ3v) is 3.93. The maximum absolute atomic E-state index is 8.87. The molecule has 3 nitrogen and oxygen atoms in total. The van der Waals surface area contributed by atoms with E-state index in [1.165, 1.54) is 0 Å². The second-order valence-electron chi connectivity index (χ2n) is 2.92. The Labute approximate surface area is 100.0 Å². The van der Waals surface area contributed by atoms with Crippen molar-refractivity contribution >= 4 is 27.3 Å². The van der Waals surface area contributed by atoms with Crippen LogP contribution in [0.1, 0.15) is 4.88 Å². The van der Waals surface area contributed by atoms with Gasteiger partial charge in [-0.25, -0.2) is 4.98 Å². The van der Waals surface area contributed by atoms with Crippen LogP contribution in [-0.4, -0.2) is 21.7 Å². The van der Waals surface area contributed by atoms with Gasteiger partial charge in [-0.15, -0.1) is 11.3 Å². The van der Waals surface area contributed by atoms with Crippen LogP contribution in [0.15, 0.2) is 29.0 Å². The molecular weight excluding hydrogens is 276 g/mol. The molecule has 0 aromatic carbocycles. The third-order valence-electron chi connectivity index (χ3n) is 1.87. The van der Waals surface area contributed by atoms with E-state index < -0.39 is 0 Å². The minimum atomic E-state index is 0.141. The molecular formula is C10H9BrN2OS. The van der Waals surface area contributed by atoms with Crippen molar-refractivity contribution < 1.29 is 5.11 Å². The fraction of sp³-hybridized carbons (Fsp3) is 0.200. The fourth-order valence-corrected chi connectivity index (χ4v) is 2.84. The molecule has 0 aliphatic carbocycles. The normalized spacial score (nSPS) is 10.5. The van der Waals surface area contributed by atoms with E-state index in [1.807, 2.05) is 18.2 Å². The number of aliphatic hydroxyl groups is 1. The second-order valence-corrected chi connectivity index (χ2v) is 4.76. The molecule has 0 saturated carbocycles. The highest BCUT2D eigenvalue weighted by Crippen LogP contribution is 2.29. The van der Waals surface area contributed by atoms with Gasteiger partial charge < -0.3 is 5.11 Å². The van der Waals surface area contributed by atoms with Crippen LogP contribution in [-0.2, 0) is 6.42 Å². The maximum Gasteiger partial charge on any atom is 0.143 e. The van der Waals surface area contributed by atoms with Crippen LogP contribution in [0.2, 0.25) is 0 Å². The number of pyridine rings is 1. The molecule has 0 bridgehead atoms. The molecule has 2 heterocycles. The SMILES string of the molecule is OCCc1sc(-c2ccccn2)nc1Br. The quantitative estimate of drug-likeness (QED) is 0.942. The minimum absolute atomic E-state index is 0.141. The first-order valence-electron chi connectivity index (χ1n) is 4.48. The Morgan fingerprint density at radius 3 is 2.93 bits per heavy atom. The topological polar surface area (TPSA) is 46.0 Å². The van der Waals surface area contributed by atoms with Crippen LogP contribution in [0.4, 0.5) is 0 Å². The largest absolute Gasteiger partial charge is 0.396 e. The van der Waals surface area contributed by atoms with Gasteiger partial charge in [-0.1, -0.05) is 6.07 Å². The third kappa shape index (κ3) is 2.42. The van der Waals surface area contributed by atoms with E-state index in [4.69, 9.17) is 5.11 Å². The lowest BCUT2D eigenvalue weighted by atomic mass is 10.4. The zero-order valence-electron chi connectivity index (χ0n) is 7.85. The van der Waals surface area contributed by atoms with Gasteiger partial charge in [0.05, 0.1) is 5.69 Å². The lowest BCUT2D eigenvalue weighted by molar-refractivity contribution is 0.300. The summed E-state index contributed by atoms with van der Waals surface area (Å²) in [6.07, 6.45) is 2.38. The van der Waals surface area contributed by atoms with Crippen molar-refractivity contribution in [1.29, 1.82) is 0 Å². The van der Waals surface area contributed by atoms with Crippen LogP contribution in [0.25, 0.3) is 10.7 Å². The van der Waals surface area contributed by atoms with Crippen molar-refractivity contribution in [1.82, 2.24) is 9.97 Å². The van der Waals surface area contributed by atoms with Crippen molar-refractivity contribution in [3.8, 4) is 10.7 Å². The number of thiazole rings is 1. The summed E-state index contributed by atoms with van der Waals surface area (Å²) >= 11 is 4.93. The number of hydrogen-bond acceptors (Lipinski definition) is 4. The van der Waals surface area contributed by atoms with Gasteiger partial charge in [-0.3, -0.25) is 4.98 Å². The predicted molar refractivity (Wildman–Crippen MR) is 63.8 cm³/mol. The van der Waals surface area contributed by atoms with Crippen LogP contribution in [0.3, 0.4) is 0 Å². The highest BCUT2D eigenvalue weighted by atomic mass is 79.9. The fourth-order valence-electron chi connectivity index (χ4n) is 1.19. The van der Waals surface area contributed by atoms with E-state index in [0.29, 0.717) is 6.42 Å². The Hall–Kier alpha value is -0.780. The molecule has 0 saturated heterocycles. The summed E-state index contributed by atoms with van der Waals surface area (Å²) in [6, 6.07) is 5.73. The molecule has 15 heavy (non-hydrogen) atoms. The molecule has 0 atom stereocenters. The summed E-state index contributed by atoms with van der Waals surface area (Å²) < 4.78 is 0.808. The number of nitrogens with zero attached hydrogens (tertiary/aromatic N) is 2. The number of hydrogen-bond donors (Lipinski definition) is 1. The minimum Gasteiger partial charge on any atom is -0.396 e. The summed E-state index contributed by atoms with van der Waals surface area (Å²) in [5.41, 5.74) is 0.868. The molecule has 2 rings (SSSR count). The molecule has 0 spiro atoms. The Morgan fingerprint density at radius 1 is 1.40 bits per heavy atom. The molecule has 0 aliphatic rings. The summed E-state index contributed by atoms with van der Waals surface area (Å²) in [6.45, 7) is 0.141. The van der Waals surface area contributed by atoms with Gasteiger partial charge in [0.2, 0.25) is 0 Å². The van der Waals surface area contributed by atoms with Gasteiger partial charge in [-0.2, -0.15) is 0 Å². The van der Waals surface area contributed by atoms with Gasteiger partial charge in [0, 0.05) is 24.1 Å². The number of halogens is 1. The van der Waals surface area contributed by atoms with Gasteiger partial charge in [0.15, 0.2) is 0 Å². The molecule has 0 radical (unpaired) electrons. The lowest BCUT2D eigenvalue weighted by Gasteiger charge is -1.91. The molecule has 2 aromatic heterocycles. The molecule has 0 unspecified atom stereocenters. The van der Waals surface area contributed by atoms with E-state index in [-0.39, 0.29) is 6.61 Å². The first kappa shape index (κ1) is 10.7. The summed E-state index contributed by atoms with van der Waals surface area (Å²) in [7, 11) is 0. The average Bonchev–Trinajstić information content (AvgIpc) is 2.63. The molecule has 78 valence electrons. The molecule has 2 aromatic rings. The first-order chi connectivity index (χ1) is 7.31. The van der Waals surface area contributed by atoms with E-state index in [0.717, 1.165) is 20.2 Å². The Balaban J connectivity index is 2.34. The molecule has 1 N–H and O–H groups in total. The summed E-state index contributed by atoms with van der Waals surface area (Å²) in [5, 5.41) is 9.75. The molecule has 0 fully saturated rings. The summed E-state index contributed by atoms with van der Waals surface area (Å²) in [4.78, 5) is 9.64. The van der Waals surface area contributed by atoms with Crippen molar-refractivity contribution in [3.63, 3.8) is 0 Å². The van der Waals surface area contributed by atoms with E-state index in [2.05, 4.69) is 25.9 Å². The molecule has 5 heteroatoms. The van der Waals surface area contributed by atoms with Gasteiger partial charge in [0.25, 0.3) is 0 Å². The van der Waals surface area contributed by atoms with Gasteiger partial charge in [-0.05, 0) is 28.1 Å².